The molecule has 1 unspecified atom stereocenters. The number of likely N-dealkylation sites (tertiary alicyclic amines) is 1. The maximum absolute atomic E-state index is 13.4. The number of carbonyl (C=O) groups excluding carboxylic acids is 1. The van der Waals surface area contributed by atoms with Crippen LogP contribution >= 0.6 is 23.2 Å². The molecule has 27 heavy (non-hydrogen) atoms. The lowest BCUT2D eigenvalue weighted by Gasteiger charge is -2.35. The van der Waals surface area contributed by atoms with E-state index in [0.717, 1.165) is 24.8 Å². The molecule has 1 amide bonds. The van der Waals surface area contributed by atoms with E-state index in [2.05, 4.69) is 15.2 Å². The van der Waals surface area contributed by atoms with Gasteiger partial charge in [-0.25, -0.2) is 9.67 Å². The minimum atomic E-state index is -0.148. The number of piperidine rings is 1. The second-order valence-electron chi connectivity index (χ2n) is 6.53. The fraction of sp³-hybridized carbons (Fsp3) is 0.333. The number of aromatic nitrogens is 5. The highest BCUT2D eigenvalue weighted by Gasteiger charge is 2.32. The lowest BCUT2D eigenvalue weighted by molar-refractivity contribution is 0.0602. The first-order chi connectivity index (χ1) is 13.0. The monoisotopic (exact) mass is 404 g/mol. The van der Waals surface area contributed by atoms with Crippen LogP contribution in [0.1, 0.15) is 41.4 Å². The fourth-order valence-electron chi connectivity index (χ4n) is 3.48. The summed E-state index contributed by atoms with van der Waals surface area (Å²) in [6, 6.07) is 4.96. The van der Waals surface area contributed by atoms with Gasteiger partial charge in [-0.3, -0.25) is 9.48 Å². The summed E-state index contributed by atoms with van der Waals surface area (Å²) in [5, 5.41) is 9.10. The first kappa shape index (κ1) is 18.0. The van der Waals surface area contributed by atoms with Gasteiger partial charge < -0.3 is 4.90 Å². The van der Waals surface area contributed by atoms with Crippen molar-refractivity contribution >= 4 is 29.1 Å². The van der Waals surface area contributed by atoms with E-state index >= 15 is 0 Å². The Hall–Kier alpha value is -2.38. The van der Waals surface area contributed by atoms with E-state index in [-0.39, 0.29) is 17.1 Å². The molecular formula is C18H18Cl2N6O. The van der Waals surface area contributed by atoms with Gasteiger partial charge in [0.15, 0.2) is 11.0 Å². The van der Waals surface area contributed by atoms with Crippen LogP contribution in [0, 0.1) is 0 Å². The predicted octanol–water partition coefficient (Wildman–Crippen LogP) is 3.68. The highest BCUT2D eigenvalue weighted by atomic mass is 35.5. The van der Waals surface area contributed by atoms with Crippen LogP contribution in [0.2, 0.25) is 10.2 Å². The minimum Gasteiger partial charge on any atom is -0.330 e. The minimum absolute atomic E-state index is 0.0266. The molecule has 1 saturated heterocycles. The van der Waals surface area contributed by atoms with Crippen LogP contribution in [0.25, 0.3) is 5.82 Å². The molecule has 1 atom stereocenters. The maximum Gasteiger partial charge on any atom is 0.273 e. The predicted molar refractivity (Wildman–Crippen MR) is 102 cm³/mol. The summed E-state index contributed by atoms with van der Waals surface area (Å²) < 4.78 is 3.17. The zero-order chi connectivity index (χ0) is 19.0. The van der Waals surface area contributed by atoms with Crippen molar-refractivity contribution in [2.75, 3.05) is 6.54 Å². The molecule has 3 aromatic heterocycles. The molecule has 7 nitrogen and oxygen atoms in total. The van der Waals surface area contributed by atoms with Crippen LogP contribution in [0.3, 0.4) is 0 Å². The molecule has 1 fully saturated rings. The lowest BCUT2D eigenvalue weighted by Crippen LogP contribution is -2.39. The molecule has 1 aliphatic heterocycles. The van der Waals surface area contributed by atoms with Crippen molar-refractivity contribution < 1.29 is 4.79 Å². The zero-order valence-corrected chi connectivity index (χ0v) is 16.2. The van der Waals surface area contributed by atoms with E-state index in [9.17, 15) is 4.79 Å². The van der Waals surface area contributed by atoms with E-state index < -0.39 is 0 Å². The molecule has 0 saturated carbocycles. The fourth-order valence-corrected chi connectivity index (χ4v) is 3.86. The van der Waals surface area contributed by atoms with E-state index in [1.165, 1.54) is 4.68 Å². The van der Waals surface area contributed by atoms with Crippen LogP contribution in [0.4, 0.5) is 0 Å². The molecule has 0 aliphatic carbocycles. The van der Waals surface area contributed by atoms with Crippen LogP contribution < -0.4 is 0 Å². The third kappa shape index (κ3) is 3.44. The number of pyridine rings is 1. The molecule has 0 radical (unpaired) electrons. The van der Waals surface area contributed by atoms with Crippen molar-refractivity contribution in [1.82, 2.24) is 29.4 Å². The average molecular weight is 405 g/mol. The summed E-state index contributed by atoms with van der Waals surface area (Å²) in [6.07, 6.45) is 8.28. The van der Waals surface area contributed by atoms with E-state index in [1.807, 2.05) is 24.3 Å². The van der Waals surface area contributed by atoms with Crippen molar-refractivity contribution in [2.45, 2.75) is 25.3 Å². The maximum atomic E-state index is 13.4. The summed E-state index contributed by atoms with van der Waals surface area (Å²) in [4.78, 5) is 19.5. The van der Waals surface area contributed by atoms with Crippen LogP contribution in [0.5, 0.6) is 0 Å². The van der Waals surface area contributed by atoms with E-state index in [0.29, 0.717) is 23.1 Å². The molecule has 4 heterocycles. The largest absolute Gasteiger partial charge is 0.330 e. The molecule has 3 aromatic rings. The van der Waals surface area contributed by atoms with Crippen molar-refractivity contribution in [3.8, 4) is 5.82 Å². The normalized spacial score (nSPS) is 17.3. The summed E-state index contributed by atoms with van der Waals surface area (Å²) in [7, 11) is 1.87. The molecule has 0 aromatic carbocycles. The van der Waals surface area contributed by atoms with Gasteiger partial charge in [0, 0.05) is 37.6 Å². The van der Waals surface area contributed by atoms with Gasteiger partial charge in [-0.1, -0.05) is 23.2 Å². The van der Waals surface area contributed by atoms with Gasteiger partial charge in [-0.15, -0.1) is 0 Å². The molecule has 0 bridgehead atoms. The third-order valence-corrected chi connectivity index (χ3v) is 5.19. The van der Waals surface area contributed by atoms with Crippen molar-refractivity contribution in [1.29, 1.82) is 0 Å². The van der Waals surface area contributed by atoms with Crippen LogP contribution in [-0.4, -0.2) is 41.9 Å². The molecule has 0 spiro atoms. The zero-order valence-electron chi connectivity index (χ0n) is 14.7. The van der Waals surface area contributed by atoms with Gasteiger partial charge in [-0.05, 0) is 31.4 Å². The number of aryl methyl sites for hydroxylation is 1. The topological polar surface area (TPSA) is 68.8 Å². The Morgan fingerprint density at radius 3 is 2.89 bits per heavy atom. The van der Waals surface area contributed by atoms with Gasteiger partial charge in [0.2, 0.25) is 0 Å². The summed E-state index contributed by atoms with van der Waals surface area (Å²) in [5.41, 5.74) is 1.37. The van der Waals surface area contributed by atoms with Gasteiger partial charge in [0.05, 0.1) is 17.3 Å². The Bertz CT molecular complexity index is 982. The smallest absolute Gasteiger partial charge is 0.273 e. The second kappa shape index (κ2) is 7.32. The van der Waals surface area contributed by atoms with Crippen LogP contribution in [-0.2, 0) is 7.05 Å². The molecule has 140 valence electrons. The van der Waals surface area contributed by atoms with Gasteiger partial charge >= 0.3 is 0 Å². The molecular weight excluding hydrogens is 387 g/mol. The van der Waals surface area contributed by atoms with Gasteiger partial charge in [-0.2, -0.15) is 10.2 Å². The summed E-state index contributed by atoms with van der Waals surface area (Å²) in [5.74, 6) is 0.231. The molecule has 0 N–H and O–H groups in total. The Balaban J connectivity index is 1.73. The van der Waals surface area contributed by atoms with Crippen molar-refractivity contribution in [3.63, 3.8) is 0 Å². The Morgan fingerprint density at radius 2 is 2.15 bits per heavy atom. The third-order valence-electron chi connectivity index (χ3n) is 4.71. The highest BCUT2D eigenvalue weighted by Crippen LogP contribution is 2.32. The number of hydrogen-bond acceptors (Lipinski definition) is 4. The lowest BCUT2D eigenvalue weighted by atomic mass is 9.97. The van der Waals surface area contributed by atoms with Crippen LogP contribution in [0.15, 0.2) is 36.8 Å². The molecule has 1 aliphatic rings. The van der Waals surface area contributed by atoms with E-state index in [1.54, 1.807) is 29.1 Å². The number of halogens is 2. The first-order valence-corrected chi connectivity index (χ1v) is 9.46. The molecule has 9 heteroatoms. The Morgan fingerprint density at radius 1 is 1.30 bits per heavy atom. The quantitative estimate of drug-likeness (QED) is 0.667. The number of nitrogens with zero attached hydrogens (tertiary/aromatic N) is 6. The van der Waals surface area contributed by atoms with E-state index in [4.69, 9.17) is 23.2 Å². The summed E-state index contributed by atoms with van der Waals surface area (Å²) in [6.45, 7) is 0.664. The standard InChI is InChI=1S/C18H18Cl2N6O/c1-24-11-12(10-22-24)14-6-2-3-8-25(14)18(27)15-9-16(20)23-26(15)17-13(19)5-4-7-21-17/h4-5,7,9-11,14H,2-3,6,8H2,1H3. The number of amides is 1. The number of rotatable bonds is 3. The number of carbonyl (C=O) groups is 1. The second-order valence-corrected chi connectivity index (χ2v) is 7.32. The van der Waals surface area contributed by atoms with Crippen molar-refractivity contribution in [2.24, 2.45) is 7.05 Å². The number of hydrogen-bond donors (Lipinski definition) is 0. The Kier molecular flexibility index (Phi) is 4.88. The van der Waals surface area contributed by atoms with Crippen molar-refractivity contribution in [3.05, 3.63) is 58.2 Å². The highest BCUT2D eigenvalue weighted by molar-refractivity contribution is 6.32. The Labute approximate surface area is 166 Å². The SMILES string of the molecule is Cn1cc(C2CCCCN2C(=O)c2cc(Cl)nn2-c2ncccc2Cl)cn1. The average Bonchev–Trinajstić information content (AvgIpc) is 3.27. The summed E-state index contributed by atoms with van der Waals surface area (Å²) >= 11 is 12.4. The van der Waals surface area contributed by atoms with Gasteiger partial charge in [0.25, 0.3) is 5.91 Å². The molecule has 4 rings (SSSR count). The first-order valence-electron chi connectivity index (χ1n) is 8.70. The van der Waals surface area contributed by atoms with Gasteiger partial charge in [0.1, 0.15) is 5.69 Å².